The lowest BCUT2D eigenvalue weighted by Crippen LogP contribution is -2.33. The van der Waals surface area contributed by atoms with Crippen LogP contribution in [0.2, 0.25) is 0 Å². The van der Waals surface area contributed by atoms with Crippen molar-refractivity contribution in [1.29, 1.82) is 0 Å². The Labute approximate surface area is 129 Å². The molecule has 1 fully saturated rings. The van der Waals surface area contributed by atoms with E-state index in [0.717, 1.165) is 11.5 Å². The molecule has 0 radical (unpaired) electrons. The number of pyridine rings is 1. The third kappa shape index (κ3) is 3.13. The molecule has 0 bridgehead atoms. The van der Waals surface area contributed by atoms with E-state index in [0.29, 0.717) is 18.4 Å². The molecule has 2 atom stereocenters. The van der Waals surface area contributed by atoms with Crippen LogP contribution in [-0.4, -0.2) is 22.4 Å². The van der Waals surface area contributed by atoms with Crippen molar-refractivity contribution < 1.29 is 9.21 Å². The summed E-state index contributed by atoms with van der Waals surface area (Å²) in [5, 5.41) is 0. The van der Waals surface area contributed by atoms with Crippen LogP contribution in [0.15, 0.2) is 45.7 Å². The van der Waals surface area contributed by atoms with Crippen LogP contribution >= 0.6 is 0 Å². The van der Waals surface area contributed by atoms with Crippen molar-refractivity contribution in [3.05, 3.63) is 58.4 Å². The van der Waals surface area contributed by atoms with E-state index in [2.05, 4.69) is 6.92 Å². The quantitative estimate of drug-likeness (QED) is 0.851. The fraction of sp³-hybridized carbons (Fsp3) is 0.412. The molecule has 1 saturated carbocycles. The van der Waals surface area contributed by atoms with Gasteiger partial charge >= 0.3 is 0 Å². The molecule has 1 aliphatic rings. The van der Waals surface area contributed by atoms with E-state index in [9.17, 15) is 9.59 Å². The van der Waals surface area contributed by atoms with Crippen LogP contribution in [-0.2, 0) is 17.9 Å². The number of carbonyl (C=O) groups is 1. The largest absolute Gasteiger partial charge is 0.464 e. The molecule has 0 N–H and O–H groups in total. The average molecular weight is 300 g/mol. The first kappa shape index (κ1) is 14.6. The second-order valence-corrected chi connectivity index (χ2v) is 6.04. The monoisotopic (exact) mass is 300 g/mol. The third-order valence-electron chi connectivity index (χ3n) is 4.18. The van der Waals surface area contributed by atoms with Crippen LogP contribution in [0.1, 0.15) is 30.8 Å². The Kier molecular flexibility index (Phi) is 3.88. The summed E-state index contributed by atoms with van der Waals surface area (Å²) in [5.41, 5.74) is -0.174. The fourth-order valence-corrected chi connectivity index (χ4v) is 2.58. The van der Waals surface area contributed by atoms with E-state index in [4.69, 9.17) is 4.42 Å². The molecular formula is C17H20N2O3. The van der Waals surface area contributed by atoms with Gasteiger partial charge in [0.15, 0.2) is 0 Å². The lowest BCUT2D eigenvalue weighted by Gasteiger charge is -2.16. The van der Waals surface area contributed by atoms with Gasteiger partial charge in [-0.2, -0.15) is 0 Å². The van der Waals surface area contributed by atoms with E-state index in [1.54, 1.807) is 30.3 Å². The highest BCUT2D eigenvalue weighted by molar-refractivity contribution is 5.75. The Morgan fingerprint density at radius 3 is 2.82 bits per heavy atom. The molecule has 5 heteroatoms. The minimum absolute atomic E-state index is 0.0450. The van der Waals surface area contributed by atoms with Gasteiger partial charge in [-0.05, 0) is 30.5 Å². The van der Waals surface area contributed by atoms with Gasteiger partial charge in [-0.25, -0.2) is 0 Å². The number of aromatic nitrogens is 1. The smallest absolute Gasteiger partial charge is 0.250 e. The number of nitrogens with zero attached hydrogens (tertiary/aromatic N) is 2. The fourth-order valence-electron chi connectivity index (χ4n) is 2.58. The van der Waals surface area contributed by atoms with Gasteiger partial charge in [0.2, 0.25) is 5.91 Å². The molecular weight excluding hydrogens is 280 g/mol. The number of rotatable bonds is 5. The molecule has 1 aliphatic carbocycles. The Bertz CT molecular complexity index is 731. The summed E-state index contributed by atoms with van der Waals surface area (Å²) in [4.78, 5) is 25.4. The maximum atomic E-state index is 12.2. The zero-order valence-corrected chi connectivity index (χ0v) is 12.9. The van der Waals surface area contributed by atoms with Gasteiger partial charge in [-0.3, -0.25) is 9.59 Å². The molecule has 0 spiro atoms. The van der Waals surface area contributed by atoms with Crippen molar-refractivity contribution in [2.45, 2.75) is 32.4 Å². The molecule has 116 valence electrons. The lowest BCUT2D eigenvalue weighted by molar-refractivity contribution is -0.131. The topological polar surface area (TPSA) is 55.5 Å². The Balaban J connectivity index is 1.60. The van der Waals surface area contributed by atoms with Gasteiger partial charge in [0.05, 0.1) is 6.54 Å². The highest BCUT2D eigenvalue weighted by atomic mass is 16.3. The molecule has 5 nitrogen and oxygen atoms in total. The molecule has 2 aromatic rings. The van der Waals surface area contributed by atoms with Crippen LogP contribution in [0.5, 0.6) is 0 Å². The van der Waals surface area contributed by atoms with Gasteiger partial charge in [-0.15, -0.1) is 0 Å². The van der Waals surface area contributed by atoms with Crippen LogP contribution in [0.4, 0.5) is 0 Å². The molecule has 2 unspecified atom stereocenters. The van der Waals surface area contributed by atoms with Crippen molar-refractivity contribution in [2.24, 2.45) is 5.92 Å². The van der Waals surface area contributed by atoms with Crippen molar-refractivity contribution >= 4 is 5.91 Å². The van der Waals surface area contributed by atoms with E-state index >= 15 is 0 Å². The number of carbonyl (C=O) groups excluding carboxylic acids is 1. The minimum atomic E-state index is -0.174. The first-order valence-corrected chi connectivity index (χ1v) is 7.52. The Morgan fingerprint density at radius 2 is 2.14 bits per heavy atom. The maximum Gasteiger partial charge on any atom is 0.250 e. The molecule has 3 rings (SSSR count). The summed E-state index contributed by atoms with van der Waals surface area (Å²) in [6.07, 6.45) is 2.80. The maximum absolute atomic E-state index is 12.2. The minimum Gasteiger partial charge on any atom is -0.464 e. The molecule has 0 aliphatic heterocycles. The molecule has 2 aromatic heterocycles. The van der Waals surface area contributed by atoms with Crippen molar-refractivity contribution in [1.82, 2.24) is 9.47 Å². The van der Waals surface area contributed by atoms with E-state index in [1.165, 1.54) is 17.1 Å². The molecule has 2 heterocycles. The Morgan fingerprint density at radius 1 is 1.36 bits per heavy atom. The molecule has 0 aromatic carbocycles. The van der Waals surface area contributed by atoms with E-state index in [1.807, 2.05) is 12.1 Å². The predicted molar refractivity (Wildman–Crippen MR) is 82.4 cm³/mol. The van der Waals surface area contributed by atoms with Crippen LogP contribution < -0.4 is 5.56 Å². The van der Waals surface area contributed by atoms with Gasteiger partial charge in [0.1, 0.15) is 18.1 Å². The van der Waals surface area contributed by atoms with Gasteiger partial charge in [0, 0.05) is 25.2 Å². The first-order chi connectivity index (χ1) is 10.5. The second-order valence-electron chi connectivity index (χ2n) is 6.04. The number of furan rings is 1. The first-order valence-electron chi connectivity index (χ1n) is 7.52. The Hall–Kier alpha value is -2.30. The summed E-state index contributed by atoms with van der Waals surface area (Å²) >= 11 is 0. The summed E-state index contributed by atoms with van der Waals surface area (Å²) in [6.45, 7) is 2.67. The normalized spacial score (nSPS) is 19.9. The third-order valence-corrected chi connectivity index (χ3v) is 4.18. The second kappa shape index (κ2) is 5.83. The predicted octanol–water partition coefficient (Wildman–Crippen LogP) is 2.22. The highest BCUT2D eigenvalue weighted by Crippen LogP contribution is 2.47. The van der Waals surface area contributed by atoms with Crippen molar-refractivity contribution in [2.75, 3.05) is 7.05 Å². The summed E-state index contributed by atoms with van der Waals surface area (Å²) in [7, 11) is 1.72. The standard InChI is InChI=1S/C17H20N2O3/c1-12-9-14(12)15-7-6-13(22-15)10-18(2)17(21)11-19-8-4-3-5-16(19)20/h3-8,12,14H,9-11H2,1-2H3. The molecule has 1 amide bonds. The average Bonchev–Trinajstić information content (AvgIpc) is 3.04. The summed E-state index contributed by atoms with van der Waals surface area (Å²) < 4.78 is 7.21. The zero-order valence-electron chi connectivity index (χ0n) is 12.9. The number of hydrogen-bond acceptors (Lipinski definition) is 3. The molecule has 0 saturated heterocycles. The van der Waals surface area contributed by atoms with E-state index in [-0.39, 0.29) is 18.0 Å². The van der Waals surface area contributed by atoms with Crippen LogP contribution in [0.25, 0.3) is 0 Å². The number of hydrogen-bond donors (Lipinski definition) is 0. The highest BCUT2D eigenvalue weighted by Gasteiger charge is 2.36. The van der Waals surface area contributed by atoms with Crippen molar-refractivity contribution in [3.63, 3.8) is 0 Å². The summed E-state index contributed by atoms with van der Waals surface area (Å²) in [5.74, 6) is 2.92. The van der Waals surface area contributed by atoms with E-state index < -0.39 is 0 Å². The van der Waals surface area contributed by atoms with Gasteiger partial charge < -0.3 is 13.9 Å². The number of likely N-dealkylation sites (N-methyl/N-ethyl adjacent to an activating group) is 1. The zero-order chi connectivity index (χ0) is 15.7. The lowest BCUT2D eigenvalue weighted by atomic mass is 10.3. The molecule has 22 heavy (non-hydrogen) atoms. The van der Waals surface area contributed by atoms with Gasteiger partial charge in [0.25, 0.3) is 5.56 Å². The van der Waals surface area contributed by atoms with Crippen LogP contribution in [0, 0.1) is 5.92 Å². The van der Waals surface area contributed by atoms with Gasteiger partial charge in [-0.1, -0.05) is 13.0 Å². The summed E-state index contributed by atoms with van der Waals surface area (Å²) in [6, 6.07) is 8.78. The van der Waals surface area contributed by atoms with Crippen molar-refractivity contribution in [3.8, 4) is 0 Å². The van der Waals surface area contributed by atoms with Crippen LogP contribution in [0.3, 0.4) is 0 Å². The SMILES string of the molecule is CC1CC1c1ccc(CN(C)C(=O)Cn2ccccc2=O)o1. The number of amides is 1.